The number of likely N-dealkylation sites (N-methyl/N-ethyl adjacent to an activating group) is 1. The fourth-order valence-corrected chi connectivity index (χ4v) is 2.69. The van der Waals surface area contributed by atoms with Gasteiger partial charge in [0, 0.05) is 20.2 Å². The van der Waals surface area contributed by atoms with Crippen LogP contribution in [0.25, 0.3) is 0 Å². The molecule has 2 rings (SSSR count). The fourth-order valence-electron chi connectivity index (χ4n) is 2.69. The van der Waals surface area contributed by atoms with Gasteiger partial charge < -0.3 is 14.4 Å². The summed E-state index contributed by atoms with van der Waals surface area (Å²) in [7, 11) is 1.83. The van der Waals surface area contributed by atoms with Crippen LogP contribution in [0.4, 0.5) is 0 Å². The highest BCUT2D eigenvalue weighted by molar-refractivity contribution is 5.80. The number of carbonyl (C=O) groups excluding carboxylic acids is 1. The lowest BCUT2D eigenvalue weighted by Crippen LogP contribution is -2.38. The van der Waals surface area contributed by atoms with Gasteiger partial charge in [0.1, 0.15) is 6.10 Å². The monoisotopic (exact) mass is 305 g/mol. The number of carbonyl (C=O) groups is 1. The molecule has 1 heterocycles. The van der Waals surface area contributed by atoms with Gasteiger partial charge in [-0.25, -0.2) is 0 Å². The molecule has 1 saturated heterocycles. The van der Waals surface area contributed by atoms with E-state index in [0.717, 1.165) is 19.4 Å². The van der Waals surface area contributed by atoms with Gasteiger partial charge >= 0.3 is 0 Å². The average molecular weight is 305 g/mol. The van der Waals surface area contributed by atoms with Crippen molar-refractivity contribution >= 4 is 5.91 Å². The molecular formula is C18H27NO3. The number of rotatable bonds is 6. The molecule has 0 bridgehead atoms. The molecule has 122 valence electrons. The highest BCUT2D eigenvalue weighted by Crippen LogP contribution is 2.14. The smallest absolute Gasteiger partial charge is 0.251 e. The third-order valence-corrected chi connectivity index (χ3v) is 4.20. The predicted molar refractivity (Wildman–Crippen MR) is 86.7 cm³/mol. The van der Waals surface area contributed by atoms with Gasteiger partial charge in [0.05, 0.1) is 12.7 Å². The van der Waals surface area contributed by atoms with E-state index in [-0.39, 0.29) is 12.0 Å². The molecule has 22 heavy (non-hydrogen) atoms. The Morgan fingerprint density at radius 2 is 2.18 bits per heavy atom. The summed E-state index contributed by atoms with van der Waals surface area (Å²) in [6.45, 7) is 5.81. The van der Waals surface area contributed by atoms with Crippen LogP contribution >= 0.6 is 0 Å². The van der Waals surface area contributed by atoms with E-state index >= 15 is 0 Å². The molecule has 0 spiro atoms. The molecule has 2 atom stereocenters. The second-order valence-electron chi connectivity index (χ2n) is 6.08. The normalized spacial score (nSPS) is 19.7. The Balaban J connectivity index is 1.80. The summed E-state index contributed by atoms with van der Waals surface area (Å²) in [6, 6.07) is 8.13. The van der Waals surface area contributed by atoms with Crippen molar-refractivity contribution in [3.8, 4) is 0 Å². The average Bonchev–Trinajstić information content (AvgIpc) is 2.55. The van der Waals surface area contributed by atoms with Crippen molar-refractivity contribution < 1.29 is 14.3 Å². The maximum Gasteiger partial charge on any atom is 0.251 e. The molecule has 1 amide bonds. The van der Waals surface area contributed by atoms with Crippen molar-refractivity contribution in [3.05, 3.63) is 35.4 Å². The summed E-state index contributed by atoms with van der Waals surface area (Å²) >= 11 is 0. The Bertz CT molecular complexity index is 483. The first kappa shape index (κ1) is 17.0. The molecule has 1 aliphatic heterocycles. The van der Waals surface area contributed by atoms with Crippen LogP contribution in [0.1, 0.15) is 37.3 Å². The van der Waals surface area contributed by atoms with Crippen molar-refractivity contribution in [1.29, 1.82) is 0 Å². The molecule has 0 aliphatic carbocycles. The van der Waals surface area contributed by atoms with E-state index in [4.69, 9.17) is 9.47 Å². The Morgan fingerprint density at radius 1 is 1.41 bits per heavy atom. The van der Waals surface area contributed by atoms with Crippen molar-refractivity contribution in [2.45, 2.75) is 51.9 Å². The number of ether oxygens (including phenoxy) is 2. The number of nitrogens with zero attached hydrogens (tertiary/aromatic N) is 1. The summed E-state index contributed by atoms with van der Waals surface area (Å²) < 4.78 is 11.3. The Kier molecular flexibility index (Phi) is 6.40. The van der Waals surface area contributed by atoms with Crippen molar-refractivity contribution in [2.24, 2.45) is 0 Å². The van der Waals surface area contributed by atoms with Crippen LogP contribution in [-0.4, -0.2) is 43.3 Å². The highest BCUT2D eigenvalue weighted by Gasteiger charge is 2.21. The Labute approximate surface area is 133 Å². The number of hydrogen-bond acceptors (Lipinski definition) is 3. The quantitative estimate of drug-likeness (QED) is 0.811. The van der Waals surface area contributed by atoms with Gasteiger partial charge in [-0.05, 0) is 44.2 Å². The van der Waals surface area contributed by atoms with Gasteiger partial charge in [0.25, 0.3) is 5.91 Å². The zero-order valence-electron chi connectivity index (χ0n) is 13.9. The molecular weight excluding hydrogens is 278 g/mol. The first-order valence-electron chi connectivity index (χ1n) is 8.10. The van der Waals surface area contributed by atoms with Crippen LogP contribution in [0.3, 0.4) is 0 Å². The third-order valence-electron chi connectivity index (χ3n) is 4.20. The van der Waals surface area contributed by atoms with Crippen molar-refractivity contribution in [3.63, 3.8) is 0 Å². The van der Waals surface area contributed by atoms with Crippen LogP contribution in [0, 0.1) is 6.92 Å². The van der Waals surface area contributed by atoms with Crippen molar-refractivity contribution in [1.82, 2.24) is 4.90 Å². The molecule has 4 heteroatoms. The molecule has 1 aromatic carbocycles. The Morgan fingerprint density at radius 3 is 2.86 bits per heavy atom. The lowest BCUT2D eigenvalue weighted by molar-refractivity contribution is -0.145. The standard InChI is InChI=1S/C18H27NO3/c1-14-8-4-5-9-16(14)12-19(3)18(20)15(2)22-13-17-10-6-7-11-21-17/h4-5,8-9,15,17H,6-7,10-13H2,1-3H3/t15-,17+/m0/s1. The van der Waals surface area contributed by atoms with E-state index in [1.165, 1.54) is 17.5 Å². The van der Waals surface area contributed by atoms with Crippen molar-refractivity contribution in [2.75, 3.05) is 20.3 Å². The molecule has 0 aromatic heterocycles. The second kappa shape index (κ2) is 8.30. The SMILES string of the molecule is Cc1ccccc1CN(C)C(=O)[C@H](C)OC[C@H]1CCCCO1. The molecule has 0 unspecified atom stereocenters. The van der Waals surface area contributed by atoms with Crippen LogP contribution in [-0.2, 0) is 20.8 Å². The van der Waals surface area contributed by atoms with Crippen LogP contribution in [0.5, 0.6) is 0 Å². The molecule has 1 aliphatic rings. The zero-order chi connectivity index (χ0) is 15.9. The summed E-state index contributed by atoms with van der Waals surface area (Å²) in [5, 5.41) is 0. The van der Waals surface area contributed by atoms with Crippen LogP contribution < -0.4 is 0 Å². The van der Waals surface area contributed by atoms with E-state index in [9.17, 15) is 4.79 Å². The molecule has 1 aromatic rings. The minimum absolute atomic E-state index is 0.0130. The first-order chi connectivity index (χ1) is 10.6. The number of benzene rings is 1. The summed E-state index contributed by atoms with van der Waals surface area (Å²) in [5.74, 6) is 0.0130. The van der Waals surface area contributed by atoms with E-state index < -0.39 is 6.10 Å². The lowest BCUT2D eigenvalue weighted by Gasteiger charge is -2.26. The van der Waals surface area contributed by atoms with Gasteiger partial charge in [-0.2, -0.15) is 0 Å². The second-order valence-corrected chi connectivity index (χ2v) is 6.08. The lowest BCUT2D eigenvalue weighted by atomic mass is 10.1. The number of amides is 1. The van der Waals surface area contributed by atoms with E-state index in [2.05, 4.69) is 19.1 Å². The number of hydrogen-bond donors (Lipinski definition) is 0. The predicted octanol–water partition coefficient (Wildman–Crippen LogP) is 2.93. The van der Waals surface area contributed by atoms with Gasteiger partial charge in [-0.15, -0.1) is 0 Å². The molecule has 4 nitrogen and oxygen atoms in total. The molecule has 0 radical (unpaired) electrons. The zero-order valence-corrected chi connectivity index (χ0v) is 13.9. The van der Waals surface area contributed by atoms with Gasteiger partial charge in [0.2, 0.25) is 0 Å². The molecule has 0 saturated carbocycles. The maximum absolute atomic E-state index is 12.4. The molecule has 0 N–H and O–H groups in total. The minimum atomic E-state index is -0.431. The first-order valence-corrected chi connectivity index (χ1v) is 8.10. The number of aryl methyl sites for hydroxylation is 1. The third kappa shape index (κ3) is 4.82. The van der Waals surface area contributed by atoms with E-state index in [0.29, 0.717) is 13.2 Å². The van der Waals surface area contributed by atoms with E-state index in [1.807, 2.05) is 26.1 Å². The van der Waals surface area contributed by atoms with Crippen LogP contribution in [0.2, 0.25) is 0 Å². The maximum atomic E-state index is 12.4. The summed E-state index contributed by atoms with van der Waals surface area (Å²) in [6.07, 6.45) is 3.05. The topological polar surface area (TPSA) is 38.8 Å². The van der Waals surface area contributed by atoms with E-state index in [1.54, 1.807) is 4.90 Å². The summed E-state index contributed by atoms with van der Waals surface area (Å²) in [4.78, 5) is 14.1. The van der Waals surface area contributed by atoms with Gasteiger partial charge in [-0.1, -0.05) is 24.3 Å². The fraction of sp³-hybridized carbons (Fsp3) is 0.611. The van der Waals surface area contributed by atoms with Crippen LogP contribution in [0.15, 0.2) is 24.3 Å². The largest absolute Gasteiger partial charge is 0.376 e. The van der Waals surface area contributed by atoms with Gasteiger partial charge in [-0.3, -0.25) is 4.79 Å². The molecule has 1 fully saturated rings. The minimum Gasteiger partial charge on any atom is -0.376 e. The van der Waals surface area contributed by atoms with Gasteiger partial charge in [0.15, 0.2) is 0 Å². The summed E-state index contributed by atoms with van der Waals surface area (Å²) in [5.41, 5.74) is 2.37. The Hall–Kier alpha value is -1.39. The highest BCUT2D eigenvalue weighted by atomic mass is 16.5.